The van der Waals surface area contributed by atoms with Gasteiger partial charge in [0, 0.05) is 28.2 Å². The summed E-state index contributed by atoms with van der Waals surface area (Å²) < 4.78 is 56.8. The molecule has 0 spiro atoms. The van der Waals surface area contributed by atoms with Crippen LogP contribution in [-0.2, 0) is 14.8 Å². The maximum Gasteiger partial charge on any atom is 0.490 e. The zero-order chi connectivity index (χ0) is 24.4. The van der Waals surface area contributed by atoms with E-state index in [-0.39, 0.29) is 5.56 Å². The van der Waals surface area contributed by atoms with Crippen LogP contribution >= 0.6 is 0 Å². The molecule has 0 atom stereocenters. The summed E-state index contributed by atoms with van der Waals surface area (Å²) in [5, 5.41) is 9.44. The van der Waals surface area contributed by atoms with Crippen molar-refractivity contribution in [3.05, 3.63) is 71.1 Å². The third-order valence-corrected chi connectivity index (χ3v) is 4.95. The van der Waals surface area contributed by atoms with Crippen LogP contribution in [0.15, 0.2) is 65.6 Å². The molecule has 3 N–H and O–H groups in total. The molecule has 0 unspecified atom stereocenters. The zero-order valence-corrected chi connectivity index (χ0v) is 17.7. The number of halogens is 3. The number of benzene rings is 2. The Balaban J connectivity index is 0.000000383. The molecule has 0 radical (unpaired) electrons. The monoisotopic (exact) mass is 479 g/mol. The van der Waals surface area contributed by atoms with Crippen LogP contribution in [0.3, 0.4) is 0 Å². The number of hydrogen-bond donors (Lipinski definition) is 3. The largest absolute Gasteiger partial charge is 0.490 e. The van der Waals surface area contributed by atoms with Gasteiger partial charge in [0.25, 0.3) is 5.56 Å². The van der Waals surface area contributed by atoms with Crippen molar-refractivity contribution in [1.82, 2.24) is 9.97 Å². The van der Waals surface area contributed by atoms with Gasteiger partial charge in [0.1, 0.15) is 5.65 Å². The molecule has 0 fully saturated rings. The number of anilines is 1. The number of carboxylic acids is 1. The van der Waals surface area contributed by atoms with Gasteiger partial charge in [-0.3, -0.25) is 9.52 Å². The van der Waals surface area contributed by atoms with E-state index in [9.17, 15) is 26.4 Å². The Morgan fingerprint density at radius 1 is 1.00 bits per heavy atom. The highest BCUT2D eigenvalue weighted by molar-refractivity contribution is 7.92. The Morgan fingerprint density at radius 3 is 2.12 bits per heavy atom. The molecule has 4 aromatic rings. The molecular formula is C21H16F3N3O5S. The van der Waals surface area contributed by atoms with E-state index in [2.05, 4.69) is 14.7 Å². The van der Waals surface area contributed by atoms with Gasteiger partial charge in [-0.1, -0.05) is 30.3 Å². The molecule has 0 aliphatic carbocycles. The molecule has 8 nitrogen and oxygen atoms in total. The highest BCUT2D eigenvalue weighted by Crippen LogP contribution is 2.27. The fraction of sp³-hybridized carbons (Fsp3) is 0.0952. The van der Waals surface area contributed by atoms with Crippen LogP contribution in [0.1, 0.15) is 0 Å². The van der Waals surface area contributed by atoms with Crippen LogP contribution in [-0.4, -0.2) is 41.9 Å². The number of alkyl halides is 3. The van der Waals surface area contributed by atoms with Crippen molar-refractivity contribution in [3.63, 3.8) is 0 Å². The van der Waals surface area contributed by atoms with Crippen LogP contribution < -0.4 is 10.3 Å². The van der Waals surface area contributed by atoms with Crippen LogP contribution in [0.2, 0.25) is 0 Å². The lowest BCUT2D eigenvalue weighted by molar-refractivity contribution is -0.192. The first-order valence-electron chi connectivity index (χ1n) is 9.14. The van der Waals surface area contributed by atoms with E-state index in [1.165, 1.54) is 0 Å². The van der Waals surface area contributed by atoms with Gasteiger partial charge in [0.15, 0.2) is 0 Å². The maximum absolute atomic E-state index is 12.1. The summed E-state index contributed by atoms with van der Waals surface area (Å²) in [4.78, 5) is 28.2. The second-order valence-corrected chi connectivity index (χ2v) is 8.62. The standard InChI is InChI=1S/C19H15N3O3S.C2HF3O2/c1-26(24,25)22-14-8-6-12(7-9-14)13-10-17-15-4-2-3-5-16(15)19(23)21-18(17)20-11-13;3-2(4,5)1(6)7/h2-11,22H,1H3,(H,20,21,23);(H,6,7). The molecule has 2 aromatic heterocycles. The summed E-state index contributed by atoms with van der Waals surface area (Å²) in [6.45, 7) is 0. The van der Waals surface area contributed by atoms with Crippen molar-refractivity contribution < 1.29 is 31.5 Å². The number of carboxylic acid groups (broad SMARTS) is 1. The lowest BCUT2D eigenvalue weighted by Gasteiger charge is -2.08. The number of pyridine rings is 2. The third kappa shape index (κ3) is 5.86. The van der Waals surface area contributed by atoms with Crippen LogP contribution in [0.4, 0.5) is 18.9 Å². The van der Waals surface area contributed by atoms with Gasteiger partial charge < -0.3 is 10.1 Å². The van der Waals surface area contributed by atoms with E-state index in [0.29, 0.717) is 16.7 Å². The normalized spacial score (nSPS) is 11.6. The fourth-order valence-corrected chi connectivity index (χ4v) is 3.53. The number of carbonyl (C=O) groups is 1. The molecule has 2 heterocycles. The molecular weight excluding hydrogens is 463 g/mol. The van der Waals surface area contributed by atoms with E-state index < -0.39 is 22.2 Å². The van der Waals surface area contributed by atoms with E-state index >= 15 is 0 Å². The Morgan fingerprint density at radius 2 is 1.58 bits per heavy atom. The third-order valence-electron chi connectivity index (χ3n) is 4.35. The molecule has 0 amide bonds. The maximum atomic E-state index is 12.1. The second kappa shape index (κ2) is 8.90. The van der Waals surface area contributed by atoms with Crippen molar-refractivity contribution >= 4 is 43.5 Å². The van der Waals surface area contributed by atoms with Crippen LogP contribution in [0, 0.1) is 0 Å². The minimum absolute atomic E-state index is 0.162. The molecule has 172 valence electrons. The fourth-order valence-electron chi connectivity index (χ4n) is 2.96. The van der Waals surface area contributed by atoms with Gasteiger partial charge in [0.05, 0.1) is 6.26 Å². The van der Waals surface area contributed by atoms with Gasteiger partial charge >= 0.3 is 12.1 Å². The van der Waals surface area contributed by atoms with Gasteiger partial charge in [0.2, 0.25) is 10.0 Å². The average Bonchev–Trinajstić information content (AvgIpc) is 2.73. The second-order valence-electron chi connectivity index (χ2n) is 6.87. The minimum Gasteiger partial charge on any atom is -0.475 e. The summed E-state index contributed by atoms with van der Waals surface area (Å²) in [6.07, 6.45) is -2.29. The molecule has 12 heteroatoms. The number of H-pyrrole nitrogens is 1. The van der Waals surface area contributed by atoms with Gasteiger partial charge in [-0.15, -0.1) is 0 Å². The van der Waals surface area contributed by atoms with Crippen molar-refractivity contribution in [2.24, 2.45) is 0 Å². The van der Waals surface area contributed by atoms with Crippen LogP contribution in [0.5, 0.6) is 0 Å². The van der Waals surface area contributed by atoms with E-state index in [4.69, 9.17) is 9.90 Å². The summed E-state index contributed by atoms with van der Waals surface area (Å²) in [5.74, 6) is -2.76. The topological polar surface area (TPSA) is 129 Å². The zero-order valence-electron chi connectivity index (χ0n) is 16.8. The van der Waals surface area contributed by atoms with Crippen molar-refractivity contribution in [1.29, 1.82) is 0 Å². The molecule has 0 aliphatic heterocycles. The van der Waals surface area contributed by atoms with E-state index in [1.807, 2.05) is 36.4 Å². The van der Waals surface area contributed by atoms with Crippen molar-refractivity contribution in [2.75, 3.05) is 11.0 Å². The average molecular weight is 479 g/mol. The van der Waals surface area contributed by atoms with Gasteiger partial charge in [-0.25, -0.2) is 18.2 Å². The summed E-state index contributed by atoms with van der Waals surface area (Å²) in [5.41, 5.74) is 2.64. The minimum atomic E-state index is -5.08. The SMILES string of the molecule is CS(=O)(=O)Nc1ccc(-c2cnc3[nH]c(=O)c4ccccc4c3c2)cc1.O=C(O)C(F)(F)F. The number of nitrogens with zero attached hydrogens (tertiary/aromatic N) is 1. The molecule has 0 saturated carbocycles. The number of aromatic nitrogens is 2. The first-order chi connectivity index (χ1) is 15.3. The van der Waals surface area contributed by atoms with Crippen molar-refractivity contribution in [3.8, 4) is 11.1 Å². The first kappa shape index (κ1) is 23.7. The number of nitrogens with one attached hydrogen (secondary N) is 2. The first-order valence-corrected chi connectivity index (χ1v) is 11.0. The lowest BCUT2D eigenvalue weighted by Crippen LogP contribution is -2.21. The number of hydrogen-bond acceptors (Lipinski definition) is 5. The number of aliphatic carboxylic acids is 1. The molecule has 0 aliphatic rings. The molecule has 33 heavy (non-hydrogen) atoms. The predicted molar refractivity (Wildman–Crippen MR) is 117 cm³/mol. The molecule has 4 rings (SSSR count). The summed E-state index contributed by atoms with van der Waals surface area (Å²) >= 11 is 0. The number of rotatable bonds is 3. The predicted octanol–water partition coefficient (Wildman–Crippen LogP) is 3.75. The molecule has 0 bridgehead atoms. The number of fused-ring (bicyclic) bond motifs is 3. The van der Waals surface area contributed by atoms with E-state index in [1.54, 1.807) is 24.4 Å². The van der Waals surface area contributed by atoms with Gasteiger partial charge in [-0.05, 0) is 35.2 Å². The van der Waals surface area contributed by atoms with Crippen molar-refractivity contribution in [2.45, 2.75) is 6.18 Å². The number of sulfonamides is 1. The Labute approximate surface area is 184 Å². The quantitative estimate of drug-likeness (QED) is 0.384. The highest BCUT2D eigenvalue weighted by Gasteiger charge is 2.38. The summed E-state index contributed by atoms with van der Waals surface area (Å²) in [6, 6.07) is 16.4. The van der Waals surface area contributed by atoms with Crippen LogP contribution in [0.25, 0.3) is 32.9 Å². The lowest BCUT2D eigenvalue weighted by atomic mass is 10.0. The highest BCUT2D eigenvalue weighted by atomic mass is 32.2. The van der Waals surface area contributed by atoms with E-state index in [0.717, 1.165) is 28.2 Å². The Kier molecular flexibility index (Phi) is 6.40. The smallest absolute Gasteiger partial charge is 0.475 e. The summed E-state index contributed by atoms with van der Waals surface area (Å²) in [7, 11) is -3.31. The molecule has 0 saturated heterocycles. The molecule has 2 aromatic carbocycles. The van der Waals surface area contributed by atoms with Gasteiger partial charge in [-0.2, -0.15) is 13.2 Å². The Hall–Kier alpha value is -3.93. The Bertz CT molecular complexity index is 1500. The number of aromatic amines is 1.